The van der Waals surface area contributed by atoms with E-state index in [1.54, 1.807) is 25.3 Å². The highest BCUT2D eigenvalue weighted by Gasteiger charge is 2.25. The van der Waals surface area contributed by atoms with Crippen LogP contribution in [0.15, 0.2) is 36.5 Å². The smallest absolute Gasteiger partial charge is 0.293 e. The summed E-state index contributed by atoms with van der Waals surface area (Å²) in [4.78, 5) is 12.6. The molecular weight excluding hydrogens is 312 g/mol. The normalized spacial score (nSPS) is 11.9. The maximum absolute atomic E-state index is 12.6. The number of aromatic nitrogens is 1. The number of aryl methyl sites for hydroxylation is 2. The fourth-order valence-corrected chi connectivity index (χ4v) is 2.58. The first kappa shape index (κ1) is 17.3. The summed E-state index contributed by atoms with van der Waals surface area (Å²) in [5.41, 5.74) is 2.79. The van der Waals surface area contributed by atoms with E-state index in [2.05, 4.69) is 18.3 Å². The fraction of sp³-hybridized carbons (Fsp3) is 0.333. The lowest BCUT2D eigenvalue weighted by Gasteiger charge is -2.13. The van der Waals surface area contributed by atoms with Gasteiger partial charge in [-0.1, -0.05) is 18.5 Å². The number of hydrogen-bond donors (Lipinski definition) is 1. The molecule has 0 bridgehead atoms. The largest absolute Gasteiger partial charge is 0.495 e. The Morgan fingerprint density at radius 3 is 2.74 bits per heavy atom. The highest BCUT2D eigenvalue weighted by Crippen LogP contribution is 2.28. The number of amides is 1. The third kappa shape index (κ3) is 4.02. The number of halogens is 1. The fourth-order valence-electron chi connectivity index (χ4n) is 2.40. The Balaban J connectivity index is 2.25. The Morgan fingerprint density at radius 2 is 2.09 bits per heavy atom. The molecule has 1 amide bonds. The second kappa shape index (κ2) is 7.47. The van der Waals surface area contributed by atoms with Crippen LogP contribution in [0.4, 0.5) is 5.69 Å². The first-order chi connectivity index (χ1) is 11.0. The van der Waals surface area contributed by atoms with Crippen LogP contribution >= 0.6 is 11.6 Å². The molecule has 4 nitrogen and oxygen atoms in total. The maximum Gasteiger partial charge on any atom is 0.293 e. The molecule has 23 heavy (non-hydrogen) atoms. The predicted molar refractivity (Wildman–Crippen MR) is 92.1 cm³/mol. The van der Waals surface area contributed by atoms with Gasteiger partial charge in [0.15, 0.2) is 11.9 Å². The van der Waals surface area contributed by atoms with Crippen LogP contribution in [0.25, 0.3) is 0 Å². The quantitative estimate of drug-likeness (QED) is 0.848. The number of carbonyl (C=O) groups is 1. The van der Waals surface area contributed by atoms with Crippen LogP contribution in [0, 0.1) is 6.92 Å². The molecule has 0 spiro atoms. The zero-order valence-corrected chi connectivity index (χ0v) is 14.6. The molecule has 1 atom stereocenters. The van der Waals surface area contributed by atoms with E-state index in [1.807, 2.05) is 30.7 Å². The Kier molecular flexibility index (Phi) is 5.61. The average Bonchev–Trinajstić information content (AvgIpc) is 2.55. The van der Waals surface area contributed by atoms with Gasteiger partial charge in [-0.15, -0.1) is 0 Å². The van der Waals surface area contributed by atoms with Crippen molar-refractivity contribution < 1.29 is 14.1 Å². The molecule has 0 aliphatic heterocycles. The van der Waals surface area contributed by atoms with E-state index in [-0.39, 0.29) is 11.9 Å². The van der Waals surface area contributed by atoms with Gasteiger partial charge >= 0.3 is 0 Å². The number of rotatable bonds is 5. The van der Waals surface area contributed by atoms with Gasteiger partial charge in [-0.05, 0) is 30.7 Å². The standard InChI is InChI=1S/C18H21ClN2O2/c1-5-14-7-6-12(2)21(11-14)13(3)18(22)20-16-10-15(19)8-9-17(16)23-4/h6-11,13H,5H2,1-4H3/p+1/t13-/m1/s1. The van der Waals surface area contributed by atoms with Crippen molar-refractivity contribution in [1.29, 1.82) is 0 Å². The van der Waals surface area contributed by atoms with Gasteiger partial charge in [0, 0.05) is 30.5 Å². The Labute approximate surface area is 142 Å². The van der Waals surface area contributed by atoms with E-state index in [0.717, 1.165) is 12.1 Å². The number of benzene rings is 1. The number of hydrogen-bond acceptors (Lipinski definition) is 2. The van der Waals surface area contributed by atoms with Gasteiger partial charge in [-0.3, -0.25) is 4.79 Å². The molecule has 5 heteroatoms. The molecule has 0 saturated heterocycles. The van der Waals surface area contributed by atoms with Crippen LogP contribution in [0.5, 0.6) is 5.75 Å². The number of nitrogens with zero attached hydrogens (tertiary/aromatic N) is 1. The number of nitrogens with one attached hydrogen (secondary N) is 1. The average molecular weight is 334 g/mol. The Morgan fingerprint density at radius 1 is 1.35 bits per heavy atom. The minimum Gasteiger partial charge on any atom is -0.495 e. The third-order valence-corrected chi connectivity index (χ3v) is 4.11. The van der Waals surface area contributed by atoms with Crippen LogP contribution in [-0.4, -0.2) is 13.0 Å². The highest BCUT2D eigenvalue weighted by molar-refractivity contribution is 6.31. The minimum absolute atomic E-state index is 0.119. The van der Waals surface area contributed by atoms with Crippen LogP contribution in [0.2, 0.25) is 5.02 Å². The molecule has 2 aromatic rings. The van der Waals surface area contributed by atoms with E-state index in [1.165, 1.54) is 5.56 Å². The van der Waals surface area contributed by atoms with E-state index >= 15 is 0 Å². The molecule has 0 aliphatic rings. The molecule has 0 saturated carbocycles. The number of anilines is 1. The van der Waals surface area contributed by atoms with Gasteiger partial charge in [0.05, 0.1) is 12.8 Å². The van der Waals surface area contributed by atoms with Crippen LogP contribution < -0.4 is 14.6 Å². The zero-order chi connectivity index (χ0) is 17.0. The van der Waals surface area contributed by atoms with Crippen LogP contribution in [-0.2, 0) is 11.2 Å². The number of pyridine rings is 1. The van der Waals surface area contributed by atoms with Crippen LogP contribution in [0.3, 0.4) is 0 Å². The van der Waals surface area contributed by atoms with Crippen molar-refractivity contribution in [2.75, 3.05) is 12.4 Å². The van der Waals surface area contributed by atoms with Gasteiger partial charge in [0.2, 0.25) is 6.04 Å². The molecule has 0 radical (unpaired) electrons. The summed E-state index contributed by atoms with van der Waals surface area (Å²) in [5.74, 6) is 0.464. The zero-order valence-electron chi connectivity index (χ0n) is 13.9. The van der Waals surface area contributed by atoms with Crippen molar-refractivity contribution in [3.63, 3.8) is 0 Å². The van der Waals surface area contributed by atoms with Crippen molar-refractivity contribution in [2.24, 2.45) is 0 Å². The van der Waals surface area contributed by atoms with E-state index in [9.17, 15) is 4.79 Å². The molecule has 0 fully saturated rings. The summed E-state index contributed by atoms with van der Waals surface area (Å²) >= 11 is 6.01. The van der Waals surface area contributed by atoms with Gasteiger partial charge in [-0.25, -0.2) is 0 Å². The first-order valence-electron chi connectivity index (χ1n) is 7.61. The molecule has 2 rings (SSSR count). The molecule has 1 aromatic carbocycles. The topological polar surface area (TPSA) is 42.2 Å². The van der Waals surface area contributed by atoms with Crippen molar-refractivity contribution in [2.45, 2.75) is 33.2 Å². The number of methoxy groups -OCH3 is 1. The second-order valence-corrected chi connectivity index (χ2v) is 5.89. The summed E-state index contributed by atoms with van der Waals surface area (Å²) in [6.07, 6.45) is 2.95. The summed E-state index contributed by atoms with van der Waals surface area (Å²) in [6, 6.07) is 8.91. The van der Waals surface area contributed by atoms with Crippen molar-refractivity contribution in [3.8, 4) is 5.75 Å². The molecule has 122 valence electrons. The summed E-state index contributed by atoms with van der Waals surface area (Å²) in [7, 11) is 1.56. The van der Waals surface area contributed by atoms with Crippen molar-refractivity contribution >= 4 is 23.2 Å². The Bertz CT molecular complexity index is 716. The van der Waals surface area contributed by atoms with Gasteiger partial charge in [0.1, 0.15) is 5.75 Å². The van der Waals surface area contributed by atoms with E-state index < -0.39 is 0 Å². The lowest BCUT2D eigenvalue weighted by atomic mass is 10.1. The molecule has 1 heterocycles. The van der Waals surface area contributed by atoms with E-state index in [4.69, 9.17) is 16.3 Å². The maximum atomic E-state index is 12.6. The van der Waals surface area contributed by atoms with E-state index in [0.29, 0.717) is 16.5 Å². The number of carbonyl (C=O) groups excluding carboxylic acids is 1. The monoisotopic (exact) mass is 333 g/mol. The molecule has 0 unspecified atom stereocenters. The number of ether oxygens (including phenoxy) is 1. The first-order valence-corrected chi connectivity index (χ1v) is 7.99. The molecular formula is C18H22ClN2O2+. The van der Waals surface area contributed by atoms with Crippen LogP contribution in [0.1, 0.15) is 31.1 Å². The van der Waals surface area contributed by atoms with Gasteiger partial charge < -0.3 is 10.1 Å². The summed E-state index contributed by atoms with van der Waals surface area (Å²) < 4.78 is 7.24. The predicted octanol–water partition coefficient (Wildman–Crippen LogP) is 3.71. The molecule has 0 aliphatic carbocycles. The van der Waals surface area contributed by atoms with Crippen molar-refractivity contribution in [3.05, 3.63) is 52.8 Å². The lowest BCUT2D eigenvalue weighted by Crippen LogP contribution is -2.47. The van der Waals surface area contributed by atoms with Gasteiger partial charge in [-0.2, -0.15) is 4.57 Å². The Hall–Kier alpha value is -2.07. The lowest BCUT2D eigenvalue weighted by molar-refractivity contribution is -0.711. The highest BCUT2D eigenvalue weighted by atomic mass is 35.5. The van der Waals surface area contributed by atoms with Gasteiger partial charge in [0.25, 0.3) is 5.91 Å². The minimum atomic E-state index is -0.342. The molecule has 1 aromatic heterocycles. The van der Waals surface area contributed by atoms with Crippen molar-refractivity contribution in [1.82, 2.24) is 0 Å². The molecule has 1 N–H and O–H groups in total. The summed E-state index contributed by atoms with van der Waals surface area (Å²) in [5, 5.41) is 3.44. The second-order valence-electron chi connectivity index (χ2n) is 5.45. The third-order valence-electron chi connectivity index (χ3n) is 3.88. The summed E-state index contributed by atoms with van der Waals surface area (Å²) in [6.45, 7) is 5.96. The SMILES string of the molecule is CCc1ccc(C)[n+]([C@H](C)C(=O)Nc2cc(Cl)ccc2OC)c1.